The van der Waals surface area contributed by atoms with Crippen LogP contribution in [0.1, 0.15) is 16.1 Å². The van der Waals surface area contributed by atoms with E-state index in [0.717, 1.165) is 0 Å². The van der Waals surface area contributed by atoms with Crippen molar-refractivity contribution < 1.29 is 19.1 Å². The lowest BCUT2D eigenvalue weighted by atomic mass is 10.2. The highest BCUT2D eigenvalue weighted by atomic mass is 79.9. The summed E-state index contributed by atoms with van der Waals surface area (Å²) in [6.07, 6.45) is 1.29. The summed E-state index contributed by atoms with van der Waals surface area (Å²) in [6, 6.07) is 10.7. The van der Waals surface area contributed by atoms with Crippen molar-refractivity contribution in [3.05, 3.63) is 58.0 Å². The molecular formula is C15H9BrN2O4. The first-order chi connectivity index (χ1) is 10.5. The van der Waals surface area contributed by atoms with Crippen molar-refractivity contribution in [2.75, 3.05) is 5.32 Å². The van der Waals surface area contributed by atoms with Crippen LogP contribution in [0.25, 0.3) is 6.08 Å². The zero-order chi connectivity index (χ0) is 16.1. The Balaban J connectivity index is 2.20. The maximum absolute atomic E-state index is 12.0. The molecule has 22 heavy (non-hydrogen) atoms. The first kappa shape index (κ1) is 15.5. The van der Waals surface area contributed by atoms with Crippen molar-refractivity contribution in [3.8, 4) is 6.07 Å². The Morgan fingerprint density at radius 3 is 2.68 bits per heavy atom. The predicted molar refractivity (Wildman–Crippen MR) is 82.0 cm³/mol. The van der Waals surface area contributed by atoms with Gasteiger partial charge in [-0.1, -0.05) is 6.07 Å². The van der Waals surface area contributed by atoms with Gasteiger partial charge in [-0.25, -0.2) is 4.79 Å². The van der Waals surface area contributed by atoms with E-state index in [2.05, 4.69) is 21.2 Å². The van der Waals surface area contributed by atoms with E-state index < -0.39 is 11.9 Å². The lowest BCUT2D eigenvalue weighted by molar-refractivity contribution is -0.112. The summed E-state index contributed by atoms with van der Waals surface area (Å²) < 4.78 is 5.68. The Labute approximate surface area is 133 Å². The minimum Gasteiger partial charge on any atom is -0.478 e. The summed E-state index contributed by atoms with van der Waals surface area (Å²) in [4.78, 5) is 22.9. The second-order valence-corrected chi connectivity index (χ2v) is 4.93. The summed E-state index contributed by atoms with van der Waals surface area (Å²) in [5.41, 5.74) is 0.157. The maximum Gasteiger partial charge on any atom is 0.335 e. The third-order valence-corrected chi connectivity index (χ3v) is 3.04. The second kappa shape index (κ2) is 6.74. The molecular weight excluding hydrogens is 352 g/mol. The number of nitrogens with zero attached hydrogens (tertiary/aromatic N) is 1. The number of aromatic carboxylic acids is 1. The summed E-state index contributed by atoms with van der Waals surface area (Å²) in [5.74, 6) is -1.41. The SMILES string of the molecule is N#C/C(=C/c1ccc(Br)o1)C(=O)Nc1cccc(C(=O)O)c1. The van der Waals surface area contributed by atoms with E-state index in [0.29, 0.717) is 10.4 Å². The Morgan fingerprint density at radius 2 is 2.09 bits per heavy atom. The van der Waals surface area contributed by atoms with Crippen LogP contribution >= 0.6 is 15.9 Å². The number of rotatable bonds is 4. The Hall–Kier alpha value is -2.85. The molecule has 0 unspecified atom stereocenters. The number of nitrogens with one attached hydrogen (secondary N) is 1. The van der Waals surface area contributed by atoms with Crippen LogP contribution in [0, 0.1) is 11.3 Å². The van der Waals surface area contributed by atoms with Crippen LogP contribution in [-0.2, 0) is 4.79 Å². The van der Waals surface area contributed by atoms with E-state index in [9.17, 15) is 9.59 Å². The number of carbonyl (C=O) groups excluding carboxylic acids is 1. The lowest BCUT2D eigenvalue weighted by Crippen LogP contribution is -2.13. The van der Waals surface area contributed by atoms with Crippen LogP contribution in [0.15, 0.2) is 51.1 Å². The molecule has 1 amide bonds. The zero-order valence-electron chi connectivity index (χ0n) is 11.0. The molecule has 0 aliphatic heterocycles. The lowest BCUT2D eigenvalue weighted by Gasteiger charge is -2.04. The van der Waals surface area contributed by atoms with Gasteiger partial charge in [-0.15, -0.1) is 0 Å². The average molecular weight is 361 g/mol. The molecule has 0 spiro atoms. The van der Waals surface area contributed by atoms with Crippen molar-refractivity contribution in [1.29, 1.82) is 5.26 Å². The van der Waals surface area contributed by atoms with Gasteiger partial charge in [0.1, 0.15) is 17.4 Å². The van der Waals surface area contributed by atoms with E-state index in [1.54, 1.807) is 18.2 Å². The van der Waals surface area contributed by atoms with Crippen molar-refractivity contribution in [2.45, 2.75) is 0 Å². The van der Waals surface area contributed by atoms with E-state index in [1.165, 1.54) is 30.3 Å². The molecule has 0 saturated heterocycles. The first-order valence-corrected chi connectivity index (χ1v) is 6.81. The molecule has 1 aromatic carbocycles. The normalized spacial score (nSPS) is 10.8. The van der Waals surface area contributed by atoms with E-state index in [4.69, 9.17) is 14.8 Å². The number of carbonyl (C=O) groups is 2. The van der Waals surface area contributed by atoms with Gasteiger partial charge in [-0.05, 0) is 46.3 Å². The molecule has 0 aliphatic rings. The van der Waals surface area contributed by atoms with E-state index in [1.807, 2.05) is 0 Å². The van der Waals surface area contributed by atoms with Crippen LogP contribution in [0.5, 0.6) is 0 Å². The van der Waals surface area contributed by atoms with Crippen LogP contribution in [-0.4, -0.2) is 17.0 Å². The monoisotopic (exact) mass is 360 g/mol. The smallest absolute Gasteiger partial charge is 0.335 e. The molecule has 1 aromatic heterocycles. The molecule has 0 atom stereocenters. The van der Waals surface area contributed by atoms with Crippen molar-refractivity contribution in [3.63, 3.8) is 0 Å². The molecule has 0 aliphatic carbocycles. The molecule has 0 bridgehead atoms. The number of furan rings is 1. The Bertz CT molecular complexity index is 802. The number of benzene rings is 1. The third-order valence-electron chi connectivity index (χ3n) is 2.61. The average Bonchev–Trinajstić information content (AvgIpc) is 2.90. The Morgan fingerprint density at radius 1 is 1.32 bits per heavy atom. The second-order valence-electron chi connectivity index (χ2n) is 4.15. The molecule has 0 saturated carbocycles. The molecule has 110 valence electrons. The van der Waals surface area contributed by atoms with Crippen LogP contribution < -0.4 is 5.32 Å². The number of halogens is 1. The summed E-state index contributed by atoms with van der Waals surface area (Å²) in [7, 11) is 0. The largest absolute Gasteiger partial charge is 0.478 e. The van der Waals surface area contributed by atoms with Gasteiger partial charge >= 0.3 is 5.97 Å². The topological polar surface area (TPSA) is 103 Å². The number of carboxylic acid groups (broad SMARTS) is 1. The fraction of sp³-hybridized carbons (Fsp3) is 0. The number of hydrogen-bond acceptors (Lipinski definition) is 4. The number of carboxylic acids is 1. The Kier molecular flexibility index (Phi) is 4.76. The predicted octanol–water partition coefficient (Wildman–Crippen LogP) is 3.29. The van der Waals surface area contributed by atoms with Gasteiger partial charge in [0.25, 0.3) is 5.91 Å². The highest BCUT2D eigenvalue weighted by Crippen LogP contribution is 2.17. The third kappa shape index (κ3) is 3.84. The van der Waals surface area contributed by atoms with Crippen LogP contribution in [0.4, 0.5) is 5.69 Å². The van der Waals surface area contributed by atoms with Gasteiger partial charge in [-0.2, -0.15) is 5.26 Å². The molecule has 0 fully saturated rings. The number of amides is 1. The molecule has 2 rings (SSSR count). The summed E-state index contributed by atoms with van der Waals surface area (Å²) in [6.45, 7) is 0. The molecule has 7 heteroatoms. The first-order valence-electron chi connectivity index (χ1n) is 6.01. The standard InChI is InChI=1S/C15H9BrN2O4/c16-13-5-4-12(22-13)7-10(8-17)14(19)18-11-3-1-2-9(6-11)15(20)21/h1-7H,(H,18,19)(H,20,21)/b10-7-. The minimum atomic E-state index is -1.10. The van der Waals surface area contributed by atoms with Gasteiger partial charge in [0.15, 0.2) is 4.67 Å². The molecule has 0 radical (unpaired) electrons. The summed E-state index contributed by atoms with van der Waals surface area (Å²) in [5, 5.41) is 20.4. The molecule has 1 heterocycles. The fourth-order valence-electron chi connectivity index (χ4n) is 1.63. The fourth-order valence-corrected chi connectivity index (χ4v) is 1.94. The zero-order valence-corrected chi connectivity index (χ0v) is 12.6. The molecule has 6 nitrogen and oxygen atoms in total. The van der Waals surface area contributed by atoms with Crippen LogP contribution in [0.3, 0.4) is 0 Å². The highest BCUT2D eigenvalue weighted by Gasteiger charge is 2.12. The van der Waals surface area contributed by atoms with E-state index >= 15 is 0 Å². The van der Waals surface area contributed by atoms with Gasteiger partial charge in [-0.3, -0.25) is 4.79 Å². The van der Waals surface area contributed by atoms with Gasteiger partial charge in [0.05, 0.1) is 5.56 Å². The van der Waals surface area contributed by atoms with Gasteiger partial charge in [0, 0.05) is 11.8 Å². The van der Waals surface area contributed by atoms with Crippen molar-refractivity contribution >= 4 is 39.6 Å². The maximum atomic E-state index is 12.0. The van der Waals surface area contributed by atoms with E-state index in [-0.39, 0.29) is 16.8 Å². The van der Waals surface area contributed by atoms with Gasteiger partial charge < -0.3 is 14.8 Å². The molecule has 2 N–H and O–H groups in total. The van der Waals surface area contributed by atoms with Crippen molar-refractivity contribution in [1.82, 2.24) is 0 Å². The number of nitriles is 1. The molecule has 2 aromatic rings. The highest BCUT2D eigenvalue weighted by molar-refractivity contribution is 9.10. The minimum absolute atomic E-state index is 0.0373. The van der Waals surface area contributed by atoms with Crippen LogP contribution in [0.2, 0.25) is 0 Å². The van der Waals surface area contributed by atoms with Gasteiger partial charge in [0.2, 0.25) is 0 Å². The quantitative estimate of drug-likeness (QED) is 0.643. The number of anilines is 1. The van der Waals surface area contributed by atoms with Crippen molar-refractivity contribution in [2.24, 2.45) is 0 Å². The summed E-state index contributed by atoms with van der Waals surface area (Å²) >= 11 is 3.12. The number of hydrogen-bond donors (Lipinski definition) is 2.